The van der Waals surface area contributed by atoms with Crippen LogP contribution in [0.5, 0.6) is 0 Å². The zero-order valence-electron chi connectivity index (χ0n) is 21.2. The molecule has 6 nitrogen and oxygen atoms in total. The Morgan fingerprint density at radius 2 is 1.54 bits per heavy atom. The smallest absolute Gasteiger partial charge is 0.255 e. The van der Waals surface area contributed by atoms with E-state index in [1.165, 1.54) is 17.9 Å². The fourth-order valence-corrected chi connectivity index (χ4v) is 4.82. The molecule has 0 spiro atoms. The summed E-state index contributed by atoms with van der Waals surface area (Å²) < 4.78 is 14.8. The molecular weight excluding hydrogens is 469 g/mol. The number of carbonyl (C=O) groups excluding carboxylic acids is 3. The monoisotopic (exact) mass is 501 g/mol. The van der Waals surface area contributed by atoms with E-state index >= 15 is 0 Å². The molecule has 4 rings (SSSR count). The highest BCUT2D eigenvalue weighted by Crippen LogP contribution is 2.33. The second-order valence-electron chi connectivity index (χ2n) is 9.55. The molecule has 7 heteroatoms. The summed E-state index contributed by atoms with van der Waals surface area (Å²) in [6, 6.07) is 23.0. The number of nitrogens with one attached hydrogen (secondary N) is 1. The average molecular weight is 502 g/mol. The molecule has 192 valence electrons. The predicted molar refractivity (Wildman–Crippen MR) is 140 cm³/mol. The summed E-state index contributed by atoms with van der Waals surface area (Å²) in [5.74, 6) is -1.18. The van der Waals surface area contributed by atoms with Crippen LogP contribution in [0.15, 0.2) is 78.9 Å². The normalized spacial score (nSPS) is 14.6. The van der Waals surface area contributed by atoms with Crippen molar-refractivity contribution in [3.05, 3.63) is 107 Å². The predicted octanol–water partition coefficient (Wildman–Crippen LogP) is 4.47. The van der Waals surface area contributed by atoms with Crippen LogP contribution in [-0.2, 0) is 22.7 Å². The molecule has 0 aliphatic carbocycles. The van der Waals surface area contributed by atoms with E-state index in [0.29, 0.717) is 30.8 Å². The summed E-state index contributed by atoms with van der Waals surface area (Å²) in [4.78, 5) is 43.3. The van der Waals surface area contributed by atoms with Crippen molar-refractivity contribution in [3.8, 4) is 0 Å². The molecule has 0 atom stereocenters. The Labute approximate surface area is 217 Å². The van der Waals surface area contributed by atoms with Crippen LogP contribution in [0.2, 0.25) is 0 Å². The van der Waals surface area contributed by atoms with Crippen LogP contribution in [0.1, 0.15) is 46.8 Å². The van der Waals surface area contributed by atoms with Gasteiger partial charge in [-0.1, -0.05) is 66.2 Å². The van der Waals surface area contributed by atoms with Gasteiger partial charge in [-0.2, -0.15) is 0 Å². The summed E-state index contributed by atoms with van der Waals surface area (Å²) in [7, 11) is 0. The van der Waals surface area contributed by atoms with E-state index in [1.54, 1.807) is 35.2 Å². The van der Waals surface area contributed by atoms with Crippen molar-refractivity contribution in [2.75, 3.05) is 13.1 Å². The second kappa shape index (κ2) is 11.4. The lowest BCUT2D eigenvalue weighted by atomic mass is 9.83. The molecular formula is C30H32FN3O3. The largest absolute Gasteiger partial charge is 0.350 e. The van der Waals surface area contributed by atoms with Gasteiger partial charge in [-0.05, 0) is 43.5 Å². The van der Waals surface area contributed by atoms with E-state index in [2.05, 4.69) is 5.32 Å². The third-order valence-corrected chi connectivity index (χ3v) is 7.10. The number of piperidine rings is 1. The number of carbonyl (C=O) groups is 3. The molecule has 0 aromatic heterocycles. The summed E-state index contributed by atoms with van der Waals surface area (Å²) in [5.41, 5.74) is 1.42. The van der Waals surface area contributed by atoms with Gasteiger partial charge in [-0.25, -0.2) is 4.39 Å². The van der Waals surface area contributed by atoms with E-state index < -0.39 is 11.4 Å². The summed E-state index contributed by atoms with van der Waals surface area (Å²) in [6.07, 6.45) is 0.499. The SMILES string of the molecule is CC(=O)N1CCC(C(=O)NCc2ccccc2)(N(Cc2ccccc2F)C(=O)c2ccc(C)cc2)CC1. The maximum atomic E-state index is 14.8. The summed E-state index contributed by atoms with van der Waals surface area (Å²) in [6.45, 7) is 4.30. The third-order valence-electron chi connectivity index (χ3n) is 7.10. The number of amides is 3. The van der Waals surface area contributed by atoms with E-state index in [1.807, 2.05) is 49.4 Å². The highest BCUT2D eigenvalue weighted by Gasteiger charge is 2.49. The van der Waals surface area contributed by atoms with Gasteiger partial charge < -0.3 is 15.1 Å². The topological polar surface area (TPSA) is 69.7 Å². The van der Waals surface area contributed by atoms with Crippen LogP contribution < -0.4 is 5.32 Å². The van der Waals surface area contributed by atoms with Crippen molar-refractivity contribution in [3.63, 3.8) is 0 Å². The van der Waals surface area contributed by atoms with E-state index in [4.69, 9.17) is 0 Å². The lowest BCUT2D eigenvalue weighted by Gasteiger charge is -2.47. The molecule has 1 heterocycles. The van der Waals surface area contributed by atoms with E-state index in [-0.39, 0.29) is 37.1 Å². The molecule has 1 saturated heterocycles. The number of benzene rings is 3. The van der Waals surface area contributed by atoms with E-state index in [0.717, 1.165) is 11.1 Å². The second-order valence-corrected chi connectivity index (χ2v) is 9.55. The standard InChI is InChI=1S/C30H32FN3O3/c1-22-12-14-25(15-13-22)28(36)34(21-26-10-6-7-11-27(26)31)30(16-18-33(19-17-30)23(2)35)29(37)32-20-24-8-4-3-5-9-24/h3-15H,16-21H2,1-2H3,(H,32,37). The quantitative estimate of drug-likeness (QED) is 0.519. The van der Waals surface area contributed by atoms with E-state index in [9.17, 15) is 18.8 Å². The minimum Gasteiger partial charge on any atom is -0.350 e. The molecule has 3 amide bonds. The molecule has 3 aromatic rings. The summed E-state index contributed by atoms with van der Waals surface area (Å²) in [5, 5.41) is 3.02. The molecule has 1 aliphatic rings. The van der Waals surface area contributed by atoms with Crippen LogP contribution in [0.3, 0.4) is 0 Å². The van der Waals surface area contributed by atoms with Gasteiger partial charge in [0.25, 0.3) is 5.91 Å². The summed E-state index contributed by atoms with van der Waals surface area (Å²) >= 11 is 0. The third kappa shape index (κ3) is 5.88. The number of halogens is 1. The van der Waals surface area contributed by atoms with Gasteiger partial charge in [-0.3, -0.25) is 14.4 Å². The van der Waals surface area contributed by atoms with Crippen molar-refractivity contribution in [2.45, 2.75) is 45.3 Å². The maximum Gasteiger partial charge on any atom is 0.255 e. The highest BCUT2D eigenvalue weighted by molar-refractivity contribution is 5.99. The first-order valence-corrected chi connectivity index (χ1v) is 12.5. The van der Waals surface area contributed by atoms with Crippen LogP contribution in [0, 0.1) is 12.7 Å². The van der Waals surface area contributed by atoms with Crippen molar-refractivity contribution in [1.29, 1.82) is 0 Å². The van der Waals surface area contributed by atoms with Crippen molar-refractivity contribution >= 4 is 17.7 Å². The first-order chi connectivity index (χ1) is 17.8. The lowest BCUT2D eigenvalue weighted by molar-refractivity contribution is -0.141. The van der Waals surface area contributed by atoms with Crippen molar-refractivity contribution in [2.24, 2.45) is 0 Å². The van der Waals surface area contributed by atoms with Crippen LogP contribution in [0.25, 0.3) is 0 Å². The fraction of sp³-hybridized carbons (Fsp3) is 0.300. The molecule has 37 heavy (non-hydrogen) atoms. The maximum absolute atomic E-state index is 14.8. The van der Waals surface area contributed by atoms with Gasteiger partial charge in [0.1, 0.15) is 11.4 Å². The molecule has 1 fully saturated rings. The van der Waals surface area contributed by atoms with Crippen molar-refractivity contribution in [1.82, 2.24) is 15.1 Å². The molecule has 0 bridgehead atoms. The molecule has 1 aliphatic heterocycles. The lowest BCUT2D eigenvalue weighted by Crippen LogP contribution is -2.64. The van der Waals surface area contributed by atoms with Gasteiger partial charge in [0, 0.05) is 44.2 Å². The number of aryl methyl sites for hydroxylation is 1. The number of nitrogens with zero attached hydrogens (tertiary/aromatic N) is 2. The van der Waals surface area contributed by atoms with Gasteiger partial charge in [0.05, 0.1) is 0 Å². The Hall–Kier alpha value is -4.00. The Balaban J connectivity index is 1.74. The van der Waals surface area contributed by atoms with Gasteiger partial charge in [0.15, 0.2) is 0 Å². The molecule has 3 aromatic carbocycles. The van der Waals surface area contributed by atoms with Crippen molar-refractivity contribution < 1.29 is 18.8 Å². The van der Waals surface area contributed by atoms with Crippen LogP contribution >= 0.6 is 0 Å². The molecule has 0 saturated carbocycles. The van der Waals surface area contributed by atoms with Crippen LogP contribution in [-0.4, -0.2) is 46.1 Å². The average Bonchev–Trinajstić information content (AvgIpc) is 2.92. The Bertz CT molecular complexity index is 1250. The Kier molecular flexibility index (Phi) is 8.01. The number of rotatable bonds is 7. The zero-order valence-corrected chi connectivity index (χ0v) is 21.2. The minimum atomic E-state index is -1.26. The van der Waals surface area contributed by atoms with Gasteiger partial charge in [0.2, 0.25) is 11.8 Å². The molecule has 0 radical (unpaired) electrons. The molecule has 0 unspecified atom stereocenters. The first-order valence-electron chi connectivity index (χ1n) is 12.5. The van der Waals surface area contributed by atoms with Gasteiger partial charge in [-0.15, -0.1) is 0 Å². The zero-order chi connectivity index (χ0) is 26.4. The minimum absolute atomic E-state index is 0.0712. The first kappa shape index (κ1) is 26.1. The van der Waals surface area contributed by atoms with Gasteiger partial charge >= 0.3 is 0 Å². The highest BCUT2D eigenvalue weighted by atomic mass is 19.1. The Morgan fingerprint density at radius 3 is 2.16 bits per heavy atom. The Morgan fingerprint density at radius 1 is 0.919 bits per heavy atom. The van der Waals surface area contributed by atoms with Crippen LogP contribution in [0.4, 0.5) is 4.39 Å². The number of hydrogen-bond acceptors (Lipinski definition) is 3. The number of likely N-dealkylation sites (tertiary alicyclic amines) is 1. The fourth-order valence-electron chi connectivity index (χ4n) is 4.82. The number of hydrogen-bond donors (Lipinski definition) is 1. The molecule has 1 N–H and O–H groups in total.